The highest BCUT2D eigenvalue weighted by Gasteiger charge is 2.13. The van der Waals surface area contributed by atoms with Crippen molar-refractivity contribution in [3.05, 3.63) is 24.7 Å². The third-order valence-electron chi connectivity index (χ3n) is 2.01. The molecule has 0 aliphatic rings. The van der Waals surface area contributed by atoms with Gasteiger partial charge in [-0.2, -0.15) is 5.10 Å². The van der Waals surface area contributed by atoms with E-state index in [1.54, 1.807) is 23.2 Å². The molecule has 0 bridgehead atoms. The van der Waals surface area contributed by atoms with Crippen molar-refractivity contribution in [1.29, 1.82) is 5.41 Å². The third-order valence-corrected chi connectivity index (χ3v) is 2.01. The molecule has 0 spiro atoms. The number of allylic oxidation sites excluding steroid dienone is 1. The van der Waals surface area contributed by atoms with Gasteiger partial charge in [-0.1, -0.05) is 20.8 Å². The van der Waals surface area contributed by atoms with Gasteiger partial charge >= 0.3 is 0 Å². The second-order valence-electron chi connectivity index (χ2n) is 4.54. The summed E-state index contributed by atoms with van der Waals surface area (Å²) in [5, 5.41) is 14.9. The van der Waals surface area contributed by atoms with E-state index >= 15 is 0 Å². The zero-order valence-electron chi connectivity index (χ0n) is 9.70. The lowest BCUT2D eigenvalue weighted by molar-refractivity contribution is 0.590. The predicted molar refractivity (Wildman–Crippen MR) is 63.2 cm³/mol. The van der Waals surface area contributed by atoms with Crippen LogP contribution in [0.25, 0.3) is 0 Å². The highest BCUT2D eigenvalue weighted by atomic mass is 15.2. The van der Waals surface area contributed by atoms with Gasteiger partial charge in [0, 0.05) is 30.6 Å². The first kappa shape index (κ1) is 11.5. The smallest absolute Gasteiger partial charge is 0.0765 e. The number of hydrogen-bond acceptors (Lipinski definition) is 3. The van der Waals surface area contributed by atoms with Gasteiger partial charge in [-0.3, -0.25) is 4.68 Å². The van der Waals surface area contributed by atoms with Crippen LogP contribution in [-0.4, -0.2) is 15.5 Å². The zero-order chi connectivity index (χ0) is 11.5. The van der Waals surface area contributed by atoms with Gasteiger partial charge in [0.1, 0.15) is 0 Å². The molecule has 0 unspecified atom stereocenters. The average Bonchev–Trinajstić information content (AvgIpc) is 2.49. The van der Waals surface area contributed by atoms with Crippen LogP contribution in [0.2, 0.25) is 0 Å². The molecule has 0 aliphatic carbocycles. The maximum atomic E-state index is 7.76. The molecule has 0 aliphatic heterocycles. The minimum atomic E-state index is -0.104. The maximum absolute atomic E-state index is 7.76. The second kappa shape index (κ2) is 4.29. The van der Waals surface area contributed by atoms with Gasteiger partial charge in [-0.15, -0.1) is 0 Å². The molecule has 82 valence electrons. The van der Waals surface area contributed by atoms with Crippen molar-refractivity contribution < 1.29 is 0 Å². The molecule has 1 aromatic rings. The summed E-state index contributed by atoms with van der Waals surface area (Å²) in [4.78, 5) is 0. The SMILES string of the molecule is Cn1cc(N/C=C\C(=N)C(C)(C)C)cn1. The summed E-state index contributed by atoms with van der Waals surface area (Å²) in [6, 6.07) is 0. The van der Waals surface area contributed by atoms with Crippen LogP contribution in [-0.2, 0) is 7.05 Å². The van der Waals surface area contributed by atoms with Crippen LogP contribution in [0.3, 0.4) is 0 Å². The van der Waals surface area contributed by atoms with E-state index in [2.05, 4.69) is 10.4 Å². The Kier molecular flexibility index (Phi) is 3.29. The van der Waals surface area contributed by atoms with Gasteiger partial charge < -0.3 is 10.7 Å². The number of aryl methyl sites for hydroxylation is 1. The molecular weight excluding hydrogens is 188 g/mol. The molecule has 2 N–H and O–H groups in total. The summed E-state index contributed by atoms with van der Waals surface area (Å²) in [5.74, 6) is 0. The van der Waals surface area contributed by atoms with E-state index in [1.807, 2.05) is 34.0 Å². The Labute approximate surface area is 90.5 Å². The lowest BCUT2D eigenvalue weighted by Gasteiger charge is -2.16. The number of nitrogens with zero attached hydrogens (tertiary/aromatic N) is 2. The number of nitrogens with one attached hydrogen (secondary N) is 2. The number of anilines is 1. The van der Waals surface area contributed by atoms with Gasteiger partial charge in [-0.05, 0) is 6.08 Å². The fourth-order valence-corrected chi connectivity index (χ4v) is 0.967. The largest absolute Gasteiger partial charge is 0.359 e. The number of hydrogen-bond donors (Lipinski definition) is 2. The molecule has 1 heterocycles. The first-order chi connectivity index (χ1) is 6.89. The quantitative estimate of drug-likeness (QED) is 0.746. The molecule has 1 aromatic heterocycles. The highest BCUT2D eigenvalue weighted by Crippen LogP contribution is 2.15. The minimum Gasteiger partial charge on any atom is -0.359 e. The summed E-state index contributed by atoms with van der Waals surface area (Å²) in [6.45, 7) is 6.05. The molecular formula is C11H18N4. The van der Waals surface area contributed by atoms with Crippen LogP contribution >= 0.6 is 0 Å². The fraction of sp³-hybridized carbons (Fsp3) is 0.455. The molecule has 0 aromatic carbocycles. The third kappa shape index (κ3) is 3.58. The van der Waals surface area contributed by atoms with E-state index in [-0.39, 0.29) is 5.41 Å². The van der Waals surface area contributed by atoms with Gasteiger partial charge in [0.15, 0.2) is 0 Å². The van der Waals surface area contributed by atoms with E-state index in [1.165, 1.54) is 0 Å². The van der Waals surface area contributed by atoms with Crippen LogP contribution in [0.15, 0.2) is 24.7 Å². The Balaban J connectivity index is 2.51. The Morgan fingerprint density at radius 3 is 2.67 bits per heavy atom. The molecule has 0 radical (unpaired) electrons. The number of aromatic nitrogens is 2. The molecule has 0 saturated carbocycles. The van der Waals surface area contributed by atoms with E-state index in [0.29, 0.717) is 5.71 Å². The van der Waals surface area contributed by atoms with Gasteiger partial charge in [-0.25, -0.2) is 0 Å². The van der Waals surface area contributed by atoms with Crippen LogP contribution in [0.1, 0.15) is 20.8 Å². The van der Waals surface area contributed by atoms with E-state index in [9.17, 15) is 0 Å². The van der Waals surface area contributed by atoms with Gasteiger partial charge in [0.25, 0.3) is 0 Å². The highest BCUT2D eigenvalue weighted by molar-refractivity contribution is 5.96. The lowest BCUT2D eigenvalue weighted by atomic mass is 9.90. The molecule has 4 heteroatoms. The summed E-state index contributed by atoms with van der Waals surface area (Å²) in [6.07, 6.45) is 7.16. The molecule has 15 heavy (non-hydrogen) atoms. The average molecular weight is 206 g/mol. The molecule has 0 saturated heterocycles. The van der Waals surface area contributed by atoms with Gasteiger partial charge in [0.2, 0.25) is 0 Å². The topological polar surface area (TPSA) is 53.7 Å². The van der Waals surface area contributed by atoms with Crippen molar-refractivity contribution in [2.45, 2.75) is 20.8 Å². The van der Waals surface area contributed by atoms with Gasteiger partial charge in [0.05, 0.1) is 11.9 Å². The Morgan fingerprint density at radius 1 is 1.53 bits per heavy atom. The first-order valence-corrected chi connectivity index (χ1v) is 4.90. The first-order valence-electron chi connectivity index (χ1n) is 4.90. The van der Waals surface area contributed by atoms with E-state index < -0.39 is 0 Å². The van der Waals surface area contributed by atoms with Crippen LogP contribution in [0, 0.1) is 10.8 Å². The maximum Gasteiger partial charge on any atom is 0.0765 e. The minimum absolute atomic E-state index is 0.104. The summed E-state index contributed by atoms with van der Waals surface area (Å²) in [5.41, 5.74) is 1.42. The van der Waals surface area contributed by atoms with E-state index in [0.717, 1.165) is 5.69 Å². The lowest BCUT2D eigenvalue weighted by Crippen LogP contribution is -2.16. The van der Waals surface area contributed by atoms with Crippen molar-refractivity contribution in [1.82, 2.24) is 9.78 Å². The van der Waals surface area contributed by atoms with Crippen molar-refractivity contribution in [2.75, 3.05) is 5.32 Å². The summed E-state index contributed by atoms with van der Waals surface area (Å²) >= 11 is 0. The predicted octanol–water partition coefficient (Wildman–Crippen LogP) is 2.41. The van der Waals surface area contributed by atoms with Crippen LogP contribution in [0.4, 0.5) is 5.69 Å². The Morgan fingerprint density at radius 2 is 2.20 bits per heavy atom. The molecule has 0 fully saturated rings. The molecule has 0 amide bonds. The van der Waals surface area contributed by atoms with Crippen molar-refractivity contribution in [3.8, 4) is 0 Å². The Bertz CT molecular complexity index is 368. The standard InChI is InChI=1S/C11H18N4/c1-11(2,3)10(12)5-6-13-9-7-14-15(4)8-9/h5-8,12-13H,1-4H3/b6-5-,12-10?. The second-order valence-corrected chi connectivity index (χ2v) is 4.54. The van der Waals surface area contributed by atoms with Crippen molar-refractivity contribution >= 4 is 11.4 Å². The normalized spacial score (nSPS) is 12.0. The van der Waals surface area contributed by atoms with Crippen LogP contribution < -0.4 is 5.32 Å². The van der Waals surface area contributed by atoms with E-state index in [4.69, 9.17) is 5.41 Å². The van der Waals surface area contributed by atoms with Crippen molar-refractivity contribution in [3.63, 3.8) is 0 Å². The molecule has 4 nitrogen and oxygen atoms in total. The summed E-state index contributed by atoms with van der Waals surface area (Å²) < 4.78 is 1.73. The monoisotopic (exact) mass is 206 g/mol. The summed E-state index contributed by atoms with van der Waals surface area (Å²) in [7, 11) is 1.87. The van der Waals surface area contributed by atoms with Crippen molar-refractivity contribution in [2.24, 2.45) is 12.5 Å². The zero-order valence-corrected chi connectivity index (χ0v) is 9.70. The van der Waals surface area contributed by atoms with Crippen LogP contribution in [0.5, 0.6) is 0 Å². The molecule has 1 rings (SSSR count). The molecule has 0 atom stereocenters. The Hall–Kier alpha value is -1.58. The number of rotatable bonds is 3. The fourth-order valence-electron chi connectivity index (χ4n) is 0.967.